The summed E-state index contributed by atoms with van der Waals surface area (Å²) in [6.07, 6.45) is 0.682. The lowest BCUT2D eigenvalue weighted by atomic mass is 10.1. The molecule has 1 N–H and O–H groups in total. The van der Waals surface area contributed by atoms with Crippen LogP contribution in [0.3, 0.4) is 0 Å². The molecular weight excluding hydrogens is 386 g/mol. The van der Waals surface area contributed by atoms with Gasteiger partial charge in [0.15, 0.2) is 0 Å². The molecule has 0 aliphatic heterocycles. The van der Waals surface area contributed by atoms with Gasteiger partial charge in [0.05, 0.1) is 21.3 Å². The van der Waals surface area contributed by atoms with Crippen LogP contribution in [0.2, 0.25) is 0 Å². The lowest BCUT2D eigenvalue weighted by molar-refractivity contribution is 0.0953. The van der Waals surface area contributed by atoms with Crippen LogP contribution in [0.5, 0.6) is 17.2 Å². The number of carbonyl (C=O) groups is 1. The van der Waals surface area contributed by atoms with E-state index in [1.165, 1.54) is 0 Å². The van der Waals surface area contributed by atoms with Crippen molar-refractivity contribution in [2.45, 2.75) is 13.3 Å². The fourth-order valence-corrected chi connectivity index (χ4v) is 3.07. The van der Waals surface area contributed by atoms with Crippen LogP contribution in [0.1, 0.15) is 21.5 Å². The lowest BCUT2D eigenvalue weighted by Crippen LogP contribution is -2.26. The molecule has 5 nitrogen and oxygen atoms in total. The summed E-state index contributed by atoms with van der Waals surface area (Å²) in [6, 6.07) is 9.36. The first-order valence-electron chi connectivity index (χ1n) is 7.83. The predicted molar refractivity (Wildman–Crippen MR) is 101 cm³/mol. The third kappa shape index (κ3) is 4.66. The van der Waals surface area contributed by atoms with Crippen molar-refractivity contribution in [2.75, 3.05) is 27.9 Å². The Morgan fingerprint density at radius 1 is 1.00 bits per heavy atom. The Hall–Kier alpha value is -2.21. The number of halogens is 1. The fourth-order valence-electron chi connectivity index (χ4n) is 2.52. The van der Waals surface area contributed by atoms with Crippen LogP contribution < -0.4 is 19.5 Å². The fraction of sp³-hybridized carbons (Fsp3) is 0.316. The standard InChI is InChI=1S/C19H22BrNO4/c1-12-5-6-15(23-2)13(9-12)7-8-21-19(22)14-10-16(24-3)18(20)17(11-14)25-4/h5-6,9-11H,7-8H2,1-4H3,(H,21,22). The van der Waals surface area contributed by atoms with Gasteiger partial charge in [-0.1, -0.05) is 17.7 Å². The molecule has 0 heterocycles. The van der Waals surface area contributed by atoms with Crippen molar-refractivity contribution in [3.8, 4) is 17.2 Å². The van der Waals surface area contributed by atoms with E-state index in [1.54, 1.807) is 33.5 Å². The van der Waals surface area contributed by atoms with Gasteiger partial charge in [-0.3, -0.25) is 4.79 Å². The Labute approximate surface area is 156 Å². The second-order valence-electron chi connectivity index (χ2n) is 5.52. The van der Waals surface area contributed by atoms with E-state index in [0.717, 1.165) is 16.9 Å². The van der Waals surface area contributed by atoms with Gasteiger partial charge in [0, 0.05) is 12.1 Å². The zero-order valence-corrected chi connectivity index (χ0v) is 16.4. The average molecular weight is 408 g/mol. The molecular formula is C19H22BrNO4. The summed E-state index contributed by atoms with van der Waals surface area (Å²) in [4.78, 5) is 12.4. The molecule has 0 fully saturated rings. The van der Waals surface area contributed by atoms with Crippen LogP contribution in [-0.4, -0.2) is 33.8 Å². The number of hydrogen-bond donors (Lipinski definition) is 1. The molecule has 6 heteroatoms. The second-order valence-corrected chi connectivity index (χ2v) is 6.31. The molecule has 0 spiro atoms. The summed E-state index contributed by atoms with van der Waals surface area (Å²) in [5.74, 6) is 1.73. The molecule has 0 bridgehead atoms. The maximum atomic E-state index is 12.4. The Balaban J connectivity index is 2.07. The molecule has 2 aromatic carbocycles. The van der Waals surface area contributed by atoms with Gasteiger partial charge in [0.25, 0.3) is 5.91 Å². The van der Waals surface area contributed by atoms with E-state index >= 15 is 0 Å². The zero-order chi connectivity index (χ0) is 18.4. The summed E-state index contributed by atoms with van der Waals surface area (Å²) >= 11 is 3.40. The van der Waals surface area contributed by atoms with Gasteiger partial charge in [0.1, 0.15) is 21.7 Å². The predicted octanol–water partition coefficient (Wildman–Crippen LogP) is 3.76. The highest BCUT2D eigenvalue weighted by atomic mass is 79.9. The largest absolute Gasteiger partial charge is 0.496 e. The molecule has 2 aromatic rings. The molecule has 0 unspecified atom stereocenters. The van der Waals surface area contributed by atoms with E-state index in [0.29, 0.717) is 34.5 Å². The molecule has 0 atom stereocenters. The van der Waals surface area contributed by atoms with E-state index in [1.807, 2.05) is 19.1 Å². The monoisotopic (exact) mass is 407 g/mol. The summed E-state index contributed by atoms with van der Waals surface area (Å²) in [6.45, 7) is 2.53. The molecule has 25 heavy (non-hydrogen) atoms. The van der Waals surface area contributed by atoms with Crippen molar-refractivity contribution in [1.82, 2.24) is 5.32 Å². The third-order valence-electron chi connectivity index (χ3n) is 3.82. The van der Waals surface area contributed by atoms with Crippen molar-refractivity contribution in [1.29, 1.82) is 0 Å². The SMILES string of the molecule is COc1ccc(C)cc1CCNC(=O)c1cc(OC)c(Br)c(OC)c1. The van der Waals surface area contributed by atoms with Crippen LogP contribution in [0.15, 0.2) is 34.8 Å². The number of methoxy groups -OCH3 is 3. The first-order valence-corrected chi connectivity index (χ1v) is 8.62. The molecule has 0 radical (unpaired) electrons. The van der Waals surface area contributed by atoms with Crippen LogP contribution >= 0.6 is 15.9 Å². The Bertz CT molecular complexity index is 736. The molecule has 0 aromatic heterocycles. The molecule has 0 saturated carbocycles. The van der Waals surface area contributed by atoms with E-state index in [-0.39, 0.29) is 5.91 Å². The van der Waals surface area contributed by atoms with Gasteiger partial charge < -0.3 is 19.5 Å². The van der Waals surface area contributed by atoms with Crippen LogP contribution in [-0.2, 0) is 6.42 Å². The average Bonchev–Trinajstić information content (AvgIpc) is 2.62. The number of nitrogens with one attached hydrogen (secondary N) is 1. The van der Waals surface area contributed by atoms with Gasteiger partial charge >= 0.3 is 0 Å². The number of rotatable bonds is 7. The van der Waals surface area contributed by atoms with Gasteiger partial charge in [-0.15, -0.1) is 0 Å². The van der Waals surface area contributed by atoms with Crippen molar-refractivity contribution < 1.29 is 19.0 Å². The minimum Gasteiger partial charge on any atom is -0.496 e. The summed E-state index contributed by atoms with van der Waals surface area (Å²) < 4.78 is 16.6. The van der Waals surface area contributed by atoms with Gasteiger partial charge in [0.2, 0.25) is 0 Å². The Morgan fingerprint density at radius 2 is 1.60 bits per heavy atom. The quantitative estimate of drug-likeness (QED) is 0.758. The van der Waals surface area contributed by atoms with Gasteiger partial charge in [-0.05, 0) is 53.0 Å². The number of aryl methyl sites for hydroxylation is 1. The van der Waals surface area contributed by atoms with E-state index < -0.39 is 0 Å². The molecule has 2 rings (SSSR count). The van der Waals surface area contributed by atoms with Crippen LogP contribution in [0, 0.1) is 6.92 Å². The first kappa shape index (κ1) is 19.1. The van der Waals surface area contributed by atoms with E-state index in [9.17, 15) is 4.79 Å². The highest BCUT2D eigenvalue weighted by Crippen LogP contribution is 2.35. The van der Waals surface area contributed by atoms with Crippen molar-refractivity contribution in [3.63, 3.8) is 0 Å². The molecule has 0 aliphatic rings. The summed E-state index contributed by atoms with van der Waals surface area (Å²) in [5.41, 5.74) is 2.70. The Kier molecular flexibility index (Phi) is 6.70. The van der Waals surface area contributed by atoms with E-state index in [2.05, 4.69) is 27.3 Å². The number of hydrogen-bond acceptors (Lipinski definition) is 4. The minimum absolute atomic E-state index is 0.185. The maximum Gasteiger partial charge on any atom is 0.251 e. The minimum atomic E-state index is -0.185. The van der Waals surface area contributed by atoms with Crippen molar-refractivity contribution in [3.05, 3.63) is 51.5 Å². The highest BCUT2D eigenvalue weighted by Gasteiger charge is 2.14. The van der Waals surface area contributed by atoms with E-state index in [4.69, 9.17) is 14.2 Å². The smallest absolute Gasteiger partial charge is 0.251 e. The van der Waals surface area contributed by atoms with Crippen molar-refractivity contribution >= 4 is 21.8 Å². The molecule has 1 amide bonds. The summed E-state index contributed by atoms with van der Waals surface area (Å²) in [7, 11) is 4.74. The lowest BCUT2D eigenvalue weighted by Gasteiger charge is -2.13. The zero-order valence-electron chi connectivity index (χ0n) is 14.8. The Morgan fingerprint density at radius 3 is 2.16 bits per heavy atom. The third-order valence-corrected chi connectivity index (χ3v) is 4.61. The second kappa shape index (κ2) is 8.76. The van der Waals surface area contributed by atoms with Gasteiger partial charge in [-0.25, -0.2) is 0 Å². The number of benzene rings is 2. The number of carbonyl (C=O) groups excluding carboxylic acids is 1. The number of ether oxygens (including phenoxy) is 3. The highest BCUT2D eigenvalue weighted by molar-refractivity contribution is 9.10. The molecule has 134 valence electrons. The maximum absolute atomic E-state index is 12.4. The molecule has 0 saturated heterocycles. The van der Waals surface area contributed by atoms with Crippen LogP contribution in [0.4, 0.5) is 0 Å². The normalized spacial score (nSPS) is 10.3. The van der Waals surface area contributed by atoms with Crippen molar-refractivity contribution in [2.24, 2.45) is 0 Å². The van der Waals surface area contributed by atoms with Crippen LogP contribution in [0.25, 0.3) is 0 Å². The topological polar surface area (TPSA) is 56.8 Å². The van der Waals surface area contributed by atoms with Gasteiger partial charge in [-0.2, -0.15) is 0 Å². The summed E-state index contributed by atoms with van der Waals surface area (Å²) in [5, 5.41) is 2.92. The first-order chi connectivity index (χ1) is 12.0. The number of amides is 1. The molecule has 0 aliphatic carbocycles.